The normalized spacial score (nSPS) is 16.5. The number of nitrogens with two attached hydrogens (primary N) is 2. The number of hydrogen-bond donors (Lipinski definition) is 5. The van der Waals surface area contributed by atoms with Crippen molar-refractivity contribution in [2.75, 3.05) is 30.7 Å². The fraction of sp³-hybridized carbons (Fsp3) is 0.333. The van der Waals surface area contributed by atoms with E-state index in [9.17, 15) is 32.5 Å². The fourth-order valence-electron chi connectivity index (χ4n) is 4.48. The predicted molar refractivity (Wildman–Crippen MR) is 170 cm³/mol. The number of carbonyl (C=O) groups excluding carboxylic acids is 2. The average molecular weight is 745 g/mol. The summed E-state index contributed by atoms with van der Waals surface area (Å²) < 4.78 is 59.3. The molecule has 22 heteroatoms. The second kappa shape index (κ2) is 14.8. The minimum Gasteiger partial charge on any atom is -0.724 e. The van der Waals surface area contributed by atoms with Gasteiger partial charge in [-0.15, -0.1) is 0 Å². The lowest BCUT2D eigenvalue weighted by molar-refractivity contribution is -0.656. The molecule has 0 radical (unpaired) electrons. The number of amides is 2. The SMILES string of the molecule is C[n+]1cc(-c2ccc(OC[C@H](O/N=C(\C(=O)NC3C(=O)N(OS(=O)(=O)[O-])C3(C)C)c3nc(N)sc3Cl)C(=O)O)cc2F)ccc1NCCN. The number of carbonyl (C=O) groups is 3. The van der Waals surface area contributed by atoms with Gasteiger partial charge < -0.3 is 36.0 Å². The van der Waals surface area contributed by atoms with E-state index in [0.717, 1.165) is 23.2 Å². The van der Waals surface area contributed by atoms with Crippen LogP contribution in [0.3, 0.4) is 0 Å². The van der Waals surface area contributed by atoms with Gasteiger partial charge in [0.25, 0.3) is 23.7 Å². The van der Waals surface area contributed by atoms with E-state index >= 15 is 4.39 Å². The van der Waals surface area contributed by atoms with Crippen LogP contribution in [0, 0.1) is 5.82 Å². The van der Waals surface area contributed by atoms with Crippen molar-refractivity contribution in [1.29, 1.82) is 0 Å². The van der Waals surface area contributed by atoms with Gasteiger partial charge >= 0.3 is 5.97 Å². The Kier molecular flexibility index (Phi) is 11.3. The number of aromatic nitrogens is 2. The highest BCUT2D eigenvalue weighted by Gasteiger charge is 2.57. The van der Waals surface area contributed by atoms with Crippen LogP contribution in [0.1, 0.15) is 19.5 Å². The molecule has 3 heterocycles. The number of hydrogen-bond acceptors (Lipinski definition) is 15. The van der Waals surface area contributed by atoms with Gasteiger partial charge in [0.1, 0.15) is 34.2 Å². The minimum absolute atomic E-state index is 0.0448. The number of anilines is 2. The van der Waals surface area contributed by atoms with Crippen LogP contribution in [0.15, 0.2) is 41.7 Å². The minimum atomic E-state index is -5.31. The van der Waals surface area contributed by atoms with E-state index in [2.05, 4.69) is 25.1 Å². The number of carboxylic acids is 1. The molecule has 1 fully saturated rings. The van der Waals surface area contributed by atoms with Gasteiger partial charge in [-0.05, 0) is 32.0 Å². The number of hydroxylamine groups is 2. The van der Waals surface area contributed by atoms with Crippen LogP contribution in [-0.4, -0.2) is 89.0 Å². The molecule has 7 N–H and O–H groups in total. The Hall–Kier alpha value is -4.67. The Labute approximate surface area is 287 Å². The predicted octanol–water partition coefficient (Wildman–Crippen LogP) is 0.130. The number of aliphatic carboxylic acids is 1. The maximum atomic E-state index is 15.1. The second-order valence-electron chi connectivity index (χ2n) is 10.8. The van der Waals surface area contributed by atoms with Gasteiger partial charge in [0.2, 0.25) is 10.4 Å². The van der Waals surface area contributed by atoms with Crippen molar-refractivity contribution >= 4 is 67.8 Å². The molecular weight excluding hydrogens is 715 g/mol. The molecule has 18 nitrogen and oxygen atoms in total. The van der Waals surface area contributed by atoms with Crippen molar-refractivity contribution in [2.45, 2.75) is 31.5 Å². The number of benzene rings is 1. The zero-order chi connectivity index (χ0) is 36.3. The number of nitrogens with zero attached hydrogens (tertiary/aromatic N) is 4. The van der Waals surface area contributed by atoms with Crippen LogP contribution >= 0.6 is 22.9 Å². The maximum absolute atomic E-state index is 15.1. The molecule has 0 spiro atoms. The van der Waals surface area contributed by atoms with Gasteiger partial charge in [-0.25, -0.2) is 27.2 Å². The molecule has 1 aromatic carbocycles. The molecule has 0 saturated carbocycles. The highest BCUT2D eigenvalue weighted by Crippen LogP contribution is 2.33. The highest BCUT2D eigenvalue weighted by molar-refractivity contribution is 7.80. The Morgan fingerprint density at radius 1 is 1.33 bits per heavy atom. The number of nitrogens with one attached hydrogen (secondary N) is 2. The number of β-lactam (4-membered cyclic amide) rings is 1. The summed E-state index contributed by atoms with van der Waals surface area (Å²) in [6.07, 6.45) is -0.149. The Morgan fingerprint density at radius 3 is 2.59 bits per heavy atom. The number of pyridine rings is 1. The Bertz CT molecular complexity index is 1910. The zero-order valence-electron chi connectivity index (χ0n) is 25.9. The summed E-state index contributed by atoms with van der Waals surface area (Å²) in [5.41, 5.74) is 9.43. The standard InChI is InChI=1S/C27H30ClFN8O10S2/c1-27(2)21(24(39)37(27)47-49(42,43)44)34-23(38)20(19-22(28)48-26(31)33-19)35-46-17(25(40)41)12-45-14-5-6-15(16(29)10-14)13-4-7-18(32-9-8-30)36(3)11-13/h4-7,10-11,17,21H,8-9,12,30H2,1-3H3,(H5,31,33,34,38,40,41,42,43,44)/b35-20-/t17-,21?/m0/s1. The number of oxime groups is 1. The van der Waals surface area contributed by atoms with Gasteiger partial charge in [-0.2, -0.15) is 9.35 Å². The second-order valence-corrected chi connectivity index (χ2v) is 13.4. The van der Waals surface area contributed by atoms with E-state index in [0.29, 0.717) is 18.7 Å². The van der Waals surface area contributed by atoms with Crippen LogP contribution in [0.5, 0.6) is 5.75 Å². The van der Waals surface area contributed by atoms with E-state index < -0.39 is 64.0 Å². The van der Waals surface area contributed by atoms with Crippen molar-refractivity contribution < 1.29 is 55.3 Å². The number of carboxylic acid groups (broad SMARTS) is 1. The molecule has 1 unspecified atom stereocenters. The van der Waals surface area contributed by atoms with Gasteiger partial charge in [-0.3, -0.25) is 14.9 Å². The van der Waals surface area contributed by atoms with Gasteiger partial charge in [-0.1, -0.05) is 28.1 Å². The van der Waals surface area contributed by atoms with Crippen molar-refractivity contribution in [3.63, 3.8) is 0 Å². The van der Waals surface area contributed by atoms with E-state index in [1.165, 1.54) is 26.0 Å². The summed E-state index contributed by atoms with van der Waals surface area (Å²) in [6, 6.07) is 5.95. The number of thiazole rings is 1. The number of halogens is 2. The van der Waals surface area contributed by atoms with Crippen molar-refractivity contribution in [2.24, 2.45) is 17.9 Å². The molecule has 1 aliphatic rings. The van der Waals surface area contributed by atoms with Crippen molar-refractivity contribution in [1.82, 2.24) is 15.4 Å². The summed E-state index contributed by atoms with van der Waals surface area (Å²) in [5.74, 6) is -3.78. The lowest BCUT2D eigenvalue weighted by atomic mass is 9.84. The lowest BCUT2D eigenvalue weighted by Crippen LogP contribution is -2.76. The van der Waals surface area contributed by atoms with Gasteiger partial charge in [0, 0.05) is 29.8 Å². The molecule has 0 bridgehead atoms. The summed E-state index contributed by atoms with van der Waals surface area (Å²) in [7, 11) is -3.54. The smallest absolute Gasteiger partial charge is 0.351 e. The van der Waals surface area contributed by atoms with Crippen LogP contribution in [0.2, 0.25) is 4.34 Å². The average Bonchev–Trinajstić information content (AvgIpc) is 3.35. The Morgan fingerprint density at radius 2 is 2.04 bits per heavy atom. The van der Waals surface area contributed by atoms with Crippen molar-refractivity contribution in [3.05, 3.63) is 52.4 Å². The van der Waals surface area contributed by atoms with Crippen LogP contribution in [-0.2, 0) is 41.0 Å². The van der Waals surface area contributed by atoms with Crippen molar-refractivity contribution in [3.8, 4) is 16.9 Å². The number of aryl methyl sites for hydroxylation is 1. The summed E-state index contributed by atoms with van der Waals surface area (Å²) >= 11 is 6.90. The summed E-state index contributed by atoms with van der Waals surface area (Å²) in [4.78, 5) is 46.8. The number of rotatable bonds is 15. The van der Waals surface area contributed by atoms with Crippen LogP contribution in [0.25, 0.3) is 11.1 Å². The van der Waals surface area contributed by atoms with Crippen LogP contribution < -0.4 is 31.4 Å². The summed E-state index contributed by atoms with van der Waals surface area (Å²) in [5, 5.41) is 18.9. The van der Waals surface area contributed by atoms with E-state index in [-0.39, 0.29) is 31.5 Å². The molecule has 4 rings (SSSR count). The molecule has 264 valence electrons. The topological polar surface area (TPSA) is 265 Å². The molecule has 3 aromatic rings. The first kappa shape index (κ1) is 37.2. The van der Waals surface area contributed by atoms with Crippen LogP contribution in [0.4, 0.5) is 15.3 Å². The van der Waals surface area contributed by atoms with E-state index in [1.54, 1.807) is 29.9 Å². The Balaban J connectivity index is 1.50. The summed E-state index contributed by atoms with van der Waals surface area (Å²) in [6.45, 7) is 2.85. The molecule has 49 heavy (non-hydrogen) atoms. The largest absolute Gasteiger partial charge is 0.724 e. The maximum Gasteiger partial charge on any atom is 0.351 e. The number of ether oxygens (including phenoxy) is 1. The molecule has 1 saturated heterocycles. The fourth-order valence-corrected chi connectivity index (χ4v) is 5.85. The van der Waals surface area contributed by atoms with E-state index in [1.807, 2.05) is 0 Å². The first-order valence-corrected chi connectivity index (χ1v) is 16.5. The third-order valence-corrected chi connectivity index (χ3v) is 8.36. The molecule has 2 atom stereocenters. The third kappa shape index (κ3) is 8.68. The zero-order valence-corrected chi connectivity index (χ0v) is 28.3. The quantitative estimate of drug-likeness (QED) is 0.0346. The molecule has 2 aromatic heterocycles. The lowest BCUT2D eigenvalue weighted by Gasteiger charge is -2.51. The highest BCUT2D eigenvalue weighted by atomic mass is 35.5. The molecule has 2 amide bonds. The van der Waals surface area contributed by atoms with E-state index in [4.69, 9.17) is 32.6 Å². The van der Waals surface area contributed by atoms with Gasteiger partial charge in [0.05, 0.1) is 25.3 Å². The molecular formula is C27H30ClFN8O10S2. The first-order valence-electron chi connectivity index (χ1n) is 14.0. The van der Waals surface area contributed by atoms with Gasteiger partial charge in [0.15, 0.2) is 10.8 Å². The monoisotopic (exact) mass is 744 g/mol. The number of nitrogen functional groups attached to an aromatic ring is 1. The molecule has 0 aliphatic carbocycles. The molecule has 1 aliphatic heterocycles. The first-order chi connectivity index (χ1) is 22.9. The third-order valence-electron chi connectivity index (χ3n) is 6.94.